The third kappa shape index (κ3) is 2.31. The minimum Gasteiger partial charge on any atom is -0.338 e. The van der Waals surface area contributed by atoms with Gasteiger partial charge in [-0.3, -0.25) is 9.59 Å². The van der Waals surface area contributed by atoms with Crippen LogP contribution in [0, 0.1) is 0 Å². The van der Waals surface area contributed by atoms with Crippen LogP contribution in [0.5, 0.6) is 0 Å². The average molecular weight is 197 g/mol. The third-order valence-electron chi connectivity index (χ3n) is 2.20. The number of amides is 2. The molecule has 1 heterocycles. The highest BCUT2D eigenvalue weighted by atomic mass is 16.2. The first-order valence-electron chi connectivity index (χ1n) is 4.83. The third-order valence-corrected chi connectivity index (χ3v) is 2.20. The fourth-order valence-corrected chi connectivity index (χ4v) is 1.32. The van der Waals surface area contributed by atoms with Crippen molar-refractivity contribution in [2.45, 2.75) is 26.7 Å². The summed E-state index contributed by atoms with van der Waals surface area (Å²) in [6.45, 7) is 5.18. The molecule has 5 nitrogen and oxygen atoms in total. The molecule has 1 rings (SSSR count). The van der Waals surface area contributed by atoms with Crippen molar-refractivity contribution in [3.63, 3.8) is 0 Å². The van der Waals surface area contributed by atoms with Gasteiger partial charge in [-0.25, -0.2) is 5.43 Å². The summed E-state index contributed by atoms with van der Waals surface area (Å²) >= 11 is 0. The summed E-state index contributed by atoms with van der Waals surface area (Å²) in [4.78, 5) is 24.2. The predicted octanol–water partition coefficient (Wildman–Crippen LogP) is 0.121. The molecule has 1 aliphatic heterocycles. The van der Waals surface area contributed by atoms with Crippen LogP contribution in [0.1, 0.15) is 26.7 Å². The van der Waals surface area contributed by atoms with Gasteiger partial charge in [-0.1, -0.05) is 0 Å². The maximum absolute atomic E-state index is 11.7. The number of carbonyl (C=O) groups excluding carboxylic acids is 2. The minimum absolute atomic E-state index is 0.0741. The Kier molecular flexibility index (Phi) is 3.62. The van der Waals surface area contributed by atoms with Gasteiger partial charge < -0.3 is 4.90 Å². The molecule has 0 fully saturated rings. The topological polar surface area (TPSA) is 61.8 Å². The van der Waals surface area contributed by atoms with E-state index < -0.39 is 0 Å². The smallest absolute Gasteiger partial charge is 0.270 e. The second kappa shape index (κ2) is 4.74. The summed E-state index contributed by atoms with van der Waals surface area (Å²) < 4.78 is 0. The number of hydrogen-bond acceptors (Lipinski definition) is 3. The van der Waals surface area contributed by atoms with E-state index in [-0.39, 0.29) is 11.8 Å². The standard InChI is InChI=1S/C9H15N3O2/c1-3-12(4-2)9(14)7-5-6-8(13)11-10-7/h3-6H2,1-2H3,(H,11,13). The second-order valence-electron chi connectivity index (χ2n) is 3.07. The van der Waals surface area contributed by atoms with E-state index in [1.807, 2.05) is 13.8 Å². The van der Waals surface area contributed by atoms with Gasteiger partial charge >= 0.3 is 0 Å². The molecule has 1 aliphatic rings. The molecule has 14 heavy (non-hydrogen) atoms. The summed E-state index contributed by atoms with van der Waals surface area (Å²) in [6.07, 6.45) is 0.799. The molecule has 1 N–H and O–H groups in total. The first-order valence-corrected chi connectivity index (χ1v) is 4.83. The Morgan fingerprint density at radius 3 is 2.50 bits per heavy atom. The highest BCUT2D eigenvalue weighted by molar-refractivity contribution is 6.39. The zero-order valence-corrected chi connectivity index (χ0v) is 8.54. The van der Waals surface area contributed by atoms with Crippen LogP contribution in [-0.2, 0) is 9.59 Å². The molecule has 0 saturated heterocycles. The molecular weight excluding hydrogens is 182 g/mol. The summed E-state index contributed by atoms with van der Waals surface area (Å²) in [5.74, 6) is -0.198. The van der Waals surface area contributed by atoms with E-state index >= 15 is 0 Å². The molecule has 0 bridgehead atoms. The van der Waals surface area contributed by atoms with E-state index in [2.05, 4.69) is 10.5 Å². The SMILES string of the molecule is CCN(CC)C(=O)C1=NNC(=O)CC1. The molecule has 0 aromatic carbocycles. The monoisotopic (exact) mass is 197 g/mol. The highest BCUT2D eigenvalue weighted by Crippen LogP contribution is 2.03. The van der Waals surface area contributed by atoms with Crippen molar-refractivity contribution in [2.75, 3.05) is 13.1 Å². The van der Waals surface area contributed by atoms with E-state index in [0.29, 0.717) is 31.6 Å². The quantitative estimate of drug-likeness (QED) is 0.698. The summed E-state index contributed by atoms with van der Waals surface area (Å²) in [7, 11) is 0. The normalized spacial score (nSPS) is 15.9. The summed E-state index contributed by atoms with van der Waals surface area (Å²) in [5, 5.41) is 3.75. The molecule has 0 aromatic rings. The van der Waals surface area contributed by atoms with Crippen molar-refractivity contribution in [2.24, 2.45) is 5.10 Å². The van der Waals surface area contributed by atoms with Crippen LogP contribution in [0.25, 0.3) is 0 Å². The van der Waals surface area contributed by atoms with Crippen LogP contribution in [0.4, 0.5) is 0 Å². The molecular formula is C9H15N3O2. The van der Waals surface area contributed by atoms with Gasteiger partial charge in [0.1, 0.15) is 5.71 Å². The van der Waals surface area contributed by atoms with E-state index in [9.17, 15) is 9.59 Å². The van der Waals surface area contributed by atoms with Gasteiger partial charge in [0.2, 0.25) is 5.91 Å². The van der Waals surface area contributed by atoms with Crippen LogP contribution in [0.15, 0.2) is 5.10 Å². The lowest BCUT2D eigenvalue weighted by atomic mass is 10.1. The molecule has 78 valence electrons. The lowest BCUT2D eigenvalue weighted by Crippen LogP contribution is -2.39. The first-order chi connectivity index (χ1) is 6.69. The molecule has 0 aliphatic carbocycles. The van der Waals surface area contributed by atoms with Crippen molar-refractivity contribution in [1.29, 1.82) is 0 Å². The Morgan fingerprint density at radius 1 is 1.43 bits per heavy atom. The van der Waals surface area contributed by atoms with Gasteiger partial charge in [-0.2, -0.15) is 5.10 Å². The fourth-order valence-electron chi connectivity index (χ4n) is 1.32. The average Bonchev–Trinajstić information content (AvgIpc) is 2.20. The van der Waals surface area contributed by atoms with Crippen LogP contribution in [0.2, 0.25) is 0 Å². The first kappa shape index (κ1) is 10.7. The Bertz CT molecular complexity index is 269. The largest absolute Gasteiger partial charge is 0.338 e. The van der Waals surface area contributed by atoms with E-state index in [0.717, 1.165) is 0 Å². The molecule has 5 heteroatoms. The van der Waals surface area contributed by atoms with Gasteiger partial charge in [0.25, 0.3) is 5.91 Å². The van der Waals surface area contributed by atoms with Gasteiger partial charge in [-0.15, -0.1) is 0 Å². The Labute approximate surface area is 83.2 Å². The number of carbonyl (C=O) groups is 2. The molecule has 0 unspecified atom stereocenters. The van der Waals surface area contributed by atoms with Crippen LogP contribution in [-0.4, -0.2) is 35.5 Å². The lowest BCUT2D eigenvalue weighted by Gasteiger charge is -2.20. The number of hydrazone groups is 1. The van der Waals surface area contributed by atoms with E-state index in [1.165, 1.54) is 0 Å². The van der Waals surface area contributed by atoms with Gasteiger partial charge in [0, 0.05) is 25.9 Å². The number of rotatable bonds is 3. The number of nitrogens with one attached hydrogen (secondary N) is 1. The van der Waals surface area contributed by atoms with Crippen molar-refractivity contribution < 1.29 is 9.59 Å². The molecule has 0 saturated carbocycles. The van der Waals surface area contributed by atoms with Crippen molar-refractivity contribution in [1.82, 2.24) is 10.3 Å². The van der Waals surface area contributed by atoms with Gasteiger partial charge in [0.15, 0.2) is 0 Å². The van der Waals surface area contributed by atoms with Crippen LogP contribution < -0.4 is 5.43 Å². The lowest BCUT2D eigenvalue weighted by molar-refractivity contribution is -0.124. The zero-order chi connectivity index (χ0) is 10.6. The van der Waals surface area contributed by atoms with Gasteiger partial charge in [-0.05, 0) is 13.8 Å². The van der Waals surface area contributed by atoms with E-state index in [1.54, 1.807) is 4.90 Å². The number of hydrogen-bond donors (Lipinski definition) is 1. The fraction of sp³-hybridized carbons (Fsp3) is 0.667. The zero-order valence-electron chi connectivity index (χ0n) is 8.54. The molecule has 0 aromatic heterocycles. The molecule has 2 amide bonds. The van der Waals surface area contributed by atoms with E-state index in [4.69, 9.17) is 0 Å². The Morgan fingerprint density at radius 2 is 2.07 bits per heavy atom. The molecule has 0 atom stereocenters. The maximum Gasteiger partial charge on any atom is 0.270 e. The summed E-state index contributed by atoms with van der Waals surface area (Å²) in [6, 6.07) is 0. The maximum atomic E-state index is 11.7. The molecule has 0 radical (unpaired) electrons. The minimum atomic E-state index is -0.124. The summed E-state index contributed by atoms with van der Waals surface area (Å²) in [5.41, 5.74) is 2.77. The predicted molar refractivity (Wildman–Crippen MR) is 52.7 cm³/mol. The Hall–Kier alpha value is -1.39. The Balaban J connectivity index is 2.65. The van der Waals surface area contributed by atoms with Crippen molar-refractivity contribution in [3.05, 3.63) is 0 Å². The van der Waals surface area contributed by atoms with Crippen LogP contribution >= 0.6 is 0 Å². The second-order valence-corrected chi connectivity index (χ2v) is 3.07. The highest BCUT2D eigenvalue weighted by Gasteiger charge is 2.21. The van der Waals surface area contributed by atoms with Crippen LogP contribution in [0.3, 0.4) is 0 Å². The number of nitrogens with zero attached hydrogens (tertiary/aromatic N) is 2. The molecule has 0 spiro atoms. The van der Waals surface area contributed by atoms with Crippen molar-refractivity contribution >= 4 is 17.5 Å². The van der Waals surface area contributed by atoms with Crippen molar-refractivity contribution in [3.8, 4) is 0 Å². The van der Waals surface area contributed by atoms with Gasteiger partial charge in [0.05, 0.1) is 0 Å².